The van der Waals surface area contributed by atoms with Gasteiger partial charge in [-0.25, -0.2) is 0 Å². The summed E-state index contributed by atoms with van der Waals surface area (Å²) in [5, 5.41) is 1.43. The number of rotatable bonds is 3. The molecular formula is C24H32N2O. The SMILES string of the molecule is Cc1cc(C)c2c(c1)c1c(n2CC(=O)C2CCCCC2)CCN2CCC[C@@H]12. The molecule has 144 valence electrons. The fourth-order valence-electron chi connectivity index (χ4n) is 6.16. The van der Waals surface area contributed by atoms with Crippen LogP contribution in [0.3, 0.4) is 0 Å². The molecule has 3 heteroatoms. The van der Waals surface area contributed by atoms with E-state index in [0.29, 0.717) is 24.3 Å². The minimum atomic E-state index is 0.296. The third-order valence-corrected chi connectivity index (χ3v) is 7.35. The van der Waals surface area contributed by atoms with E-state index in [0.717, 1.165) is 25.8 Å². The second-order valence-electron chi connectivity index (χ2n) is 9.17. The predicted molar refractivity (Wildman–Crippen MR) is 110 cm³/mol. The van der Waals surface area contributed by atoms with Gasteiger partial charge in [0.05, 0.1) is 12.1 Å². The maximum atomic E-state index is 13.2. The van der Waals surface area contributed by atoms with E-state index in [2.05, 4.69) is 35.4 Å². The van der Waals surface area contributed by atoms with E-state index < -0.39 is 0 Å². The second kappa shape index (κ2) is 6.77. The number of fused-ring (bicyclic) bond motifs is 5. The van der Waals surface area contributed by atoms with Crippen molar-refractivity contribution < 1.29 is 4.79 Å². The second-order valence-corrected chi connectivity index (χ2v) is 9.17. The first-order chi connectivity index (χ1) is 13.1. The number of Topliss-reactive ketones (excluding diaryl/α,β-unsaturated/α-hetero) is 1. The van der Waals surface area contributed by atoms with Crippen LogP contribution in [0.5, 0.6) is 0 Å². The fraction of sp³-hybridized carbons (Fsp3) is 0.625. The predicted octanol–water partition coefficient (Wildman–Crippen LogP) is 5.10. The molecular weight excluding hydrogens is 332 g/mol. The van der Waals surface area contributed by atoms with Crippen molar-refractivity contribution in [2.24, 2.45) is 5.92 Å². The van der Waals surface area contributed by atoms with E-state index in [9.17, 15) is 4.79 Å². The Morgan fingerprint density at radius 1 is 1.04 bits per heavy atom. The number of aryl methyl sites for hydroxylation is 2. The Balaban J connectivity index is 1.62. The van der Waals surface area contributed by atoms with Crippen LogP contribution in [0.25, 0.3) is 10.9 Å². The van der Waals surface area contributed by atoms with Gasteiger partial charge in [-0.3, -0.25) is 9.69 Å². The Morgan fingerprint density at radius 3 is 2.67 bits per heavy atom. The molecule has 1 aliphatic carbocycles. The molecule has 1 atom stereocenters. The van der Waals surface area contributed by atoms with Gasteiger partial charge in [0, 0.05) is 36.0 Å². The number of nitrogens with zero attached hydrogens (tertiary/aromatic N) is 2. The van der Waals surface area contributed by atoms with Gasteiger partial charge in [-0.1, -0.05) is 30.9 Å². The number of benzene rings is 1. The van der Waals surface area contributed by atoms with E-state index >= 15 is 0 Å². The fourth-order valence-corrected chi connectivity index (χ4v) is 6.16. The first-order valence-corrected chi connectivity index (χ1v) is 11.0. The van der Waals surface area contributed by atoms with Gasteiger partial charge in [0.1, 0.15) is 0 Å². The number of ketones is 1. The van der Waals surface area contributed by atoms with Gasteiger partial charge in [0.15, 0.2) is 5.78 Å². The lowest BCUT2D eigenvalue weighted by Crippen LogP contribution is -2.32. The van der Waals surface area contributed by atoms with Gasteiger partial charge in [0.25, 0.3) is 0 Å². The molecule has 1 aromatic heterocycles. The monoisotopic (exact) mass is 364 g/mol. The van der Waals surface area contributed by atoms with Crippen molar-refractivity contribution in [2.75, 3.05) is 13.1 Å². The van der Waals surface area contributed by atoms with Crippen molar-refractivity contribution in [3.05, 3.63) is 34.5 Å². The zero-order valence-corrected chi connectivity index (χ0v) is 16.9. The molecule has 5 rings (SSSR count). The third-order valence-electron chi connectivity index (χ3n) is 7.35. The molecule has 27 heavy (non-hydrogen) atoms. The third kappa shape index (κ3) is 2.86. The number of hydrogen-bond donors (Lipinski definition) is 0. The summed E-state index contributed by atoms with van der Waals surface area (Å²) < 4.78 is 2.44. The van der Waals surface area contributed by atoms with Crippen LogP contribution in [0.4, 0.5) is 0 Å². The van der Waals surface area contributed by atoms with Crippen molar-refractivity contribution in [1.82, 2.24) is 9.47 Å². The number of aromatic nitrogens is 1. The highest BCUT2D eigenvalue weighted by atomic mass is 16.1. The highest BCUT2D eigenvalue weighted by molar-refractivity contribution is 5.92. The zero-order valence-electron chi connectivity index (χ0n) is 16.9. The largest absolute Gasteiger partial charge is 0.337 e. The van der Waals surface area contributed by atoms with Crippen molar-refractivity contribution in [2.45, 2.75) is 77.8 Å². The molecule has 0 N–H and O–H groups in total. The Labute approximate surface area is 162 Å². The van der Waals surface area contributed by atoms with Crippen LogP contribution >= 0.6 is 0 Å². The first kappa shape index (κ1) is 17.5. The van der Waals surface area contributed by atoms with Crippen LogP contribution in [0.1, 0.15) is 73.4 Å². The Morgan fingerprint density at radius 2 is 1.85 bits per heavy atom. The molecule has 3 heterocycles. The van der Waals surface area contributed by atoms with Crippen LogP contribution in [0, 0.1) is 19.8 Å². The molecule has 0 amide bonds. The molecule has 0 radical (unpaired) electrons. The quantitative estimate of drug-likeness (QED) is 0.757. The summed E-state index contributed by atoms with van der Waals surface area (Å²) in [7, 11) is 0. The highest BCUT2D eigenvalue weighted by Gasteiger charge is 2.36. The summed E-state index contributed by atoms with van der Waals surface area (Å²) >= 11 is 0. The Hall–Kier alpha value is -1.61. The standard InChI is InChI=1S/C24H32N2O/c1-16-13-17(2)24-19(14-16)23-20-9-6-11-25(20)12-10-21(23)26(24)15-22(27)18-7-4-3-5-8-18/h13-14,18,20H,3-12,15H2,1-2H3/t20-/m0/s1. The summed E-state index contributed by atoms with van der Waals surface area (Å²) in [5.74, 6) is 0.771. The average Bonchev–Trinajstić information content (AvgIpc) is 3.25. The normalized spacial score (nSPS) is 23.6. The van der Waals surface area contributed by atoms with Crippen LogP contribution < -0.4 is 0 Å². The van der Waals surface area contributed by atoms with E-state index in [1.54, 1.807) is 5.56 Å². The minimum absolute atomic E-state index is 0.296. The Kier molecular flexibility index (Phi) is 4.39. The molecule has 0 bridgehead atoms. The van der Waals surface area contributed by atoms with Crippen molar-refractivity contribution in [1.29, 1.82) is 0 Å². The topological polar surface area (TPSA) is 25.2 Å². The van der Waals surface area contributed by atoms with Gasteiger partial charge in [-0.15, -0.1) is 0 Å². The summed E-state index contributed by atoms with van der Waals surface area (Å²) in [6.07, 6.45) is 9.66. The van der Waals surface area contributed by atoms with Gasteiger partial charge >= 0.3 is 0 Å². The number of hydrogen-bond acceptors (Lipinski definition) is 2. The molecule has 0 unspecified atom stereocenters. The highest BCUT2D eigenvalue weighted by Crippen LogP contribution is 2.44. The lowest BCUT2D eigenvalue weighted by Gasteiger charge is -2.31. The summed E-state index contributed by atoms with van der Waals surface area (Å²) in [4.78, 5) is 15.8. The molecule has 1 aromatic carbocycles. The summed E-state index contributed by atoms with van der Waals surface area (Å²) in [6, 6.07) is 5.25. The number of carbonyl (C=O) groups excluding carboxylic acids is 1. The van der Waals surface area contributed by atoms with Gasteiger partial charge < -0.3 is 4.57 Å². The molecule has 2 aromatic rings. The van der Waals surface area contributed by atoms with Crippen molar-refractivity contribution in [3.63, 3.8) is 0 Å². The molecule has 0 spiro atoms. The van der Waals surface area contributed by atoms with E-state index in [1.165, 1.54) is 66.4 Å². The molecule has 3 nitrogen and oxygen atoms in total. The minimum Gasteiger partial charge on any atom is -0.337 e. The lowest BCUT2D eigenvalue weighted by molar-refractivity contribution is -0.124. The summed E-state index contributed by atoms with van der Waals surface area (Å²) in [6.45, 7) is 7.42. The Bertz CT molecular complexity index is 888. The van der Waals surface area contributed by atoms with E-state index in [-0.39, 0.29) is 0 Å². The van der Waals surface area contributed by atoms with Crippen molar-refractivity contribution >= 4 is 16.7 Å². The lowest BCUT2D eigenvalue weighted by atomic mass is 9.86. The molecule has 2 aliphatic heterocycles. The van der Waals surface area contributed by atoms with Crippen LogP contribution in [-0.2, 0) is 17.8 Å². The van der Waals surface area contributed by atoms with E-state index in [4.69, 9.17) is 0 Å². The van der Waals surface area contributed by atoms with E-state index in [1.807, 2.05) is 0 Å². The van der Waals surface area contributed by atoms with Gasteiger partial charge in [0.2, 0.25) is 0 Å². The molecule has 1 saturated heterocycles. The number of carbonyl (C=O) groups is 1. The molecule has 1 saturated carbocycles. The zero-order chi connectivity index (χ0) is 18.5. The van der Waals surface area contributed by atoms with Gasteiger partial charge in [-0.2, -0.15) is 0 Å². The first-order valence-electron chi connectivity index (χ1n) is 11.0. The smallest absolute Gasteiger partial charge is 0.155 e. The molecule has 2 fully saturated rings. The van der Waals surface area contributed by atoms with Crippen LogP contribution in [0.15, 0.2) is 12.1 Å². The maximum Gasteiger partial charge on any atom is 0.155 e. The summed E-state index contributed by atoms with van der Waals surface area (Å²) in [5.41, 5.74) is 7.03. The molecule has 3 aliphatic rings. The van der Waals surface area contributed by atoms with Crippen molar-refractivity contribution in [3.8, 4) is 0 Å². The average molecular weight is 365 g/mol. The van der Waals surface area contributed by atoms with Crippen LogP contribution in [0.2, 0.25) is 0 Å². The maximum absolute atomic E-state index is 13.2. The van der Waals surface area contributed by atoms with Crippen LogP contribution in [-0.4, -0.2) is 28.3 Å². The van der Waals surface area contributed by atoms with Gasteiger partial charge in [-0.05, 0) is 63.3 Å².